The van der Waals surface area contributed by atoms with E-state index < -0.39 is 0 Å². The van der Waals surface area contributed by atoms with Crippen LogP contribution in [0.15, 0.2) is 0 Å². The van der Waals surface area contributed by atoms with Crippen LogP contribution in [-0.4, -0.2) is 10.00 Å². The van der Waals surface area contributed by atoms with Crippen molar-refractivity contribution in [3.8, 4) is 0 Å². The smallest absolute Gasteiger partial charge is 0.0155 e. The fraction of sp³-hybridized carbons (Fsp3) is 1.00. The normalized spacial score (nSPS) is 32.8. The van der Waals surface area contributed by atoms with Gasteiger partial charge in [-0.15, -0.1) is 0 Å². The van der Waals surface area contributed by atoms with Gasteiger partial charge in [-0.1, -0.05) is 54.9 Å². The van der Waals surface area contributed by atoms with Gasteiger partial charge in [-0.05, 0) is 30.1 Å². The molecular formula is C15H30S. The first kappa shape index (κ1) is 14.4. The molecule has 2 atom stereocenters. The van der Waals surface area contributed by atoms with Crippen LogP contribution in [0.25, 0.3) is 0 Å². The highest BCUT2D eigenvalue weighted by Gasteiger charge is 2.39. The Morgan fingerprint density at radius 1 is 0.875 bits per heavy atom. The van der Waals surface area contributed by atoms with E-state index in [1.807, 2.05) is 0 Å². The number of hydrogen-bond acceptors (Lipinski definition) is 1. The summed E-state index contributed by atoms with van der Waals surface area (Å²) in [7, 11) is 0. The van der Waals surface area contributed by atoms with Gasteiger partial charge < -0.3 is 0 Å². The molecular weight excluding hydrogens is 212 g/mol. The Morgan fingerprint density at radius 2 is 1.31 bits per heavy atom. The number of thioether (sulfide) groups is 1. The van der Waals surface area contributed by atoms with Crippen molar-refractivity contribution in [2.75, 3.05) is 0 Å². The molecule has 1 heteroatoms. The molecule has 0 radical (unpaired) electrons. The first-order chi connectivity index (χ1) is 7.15. The molecule has 0 aromatic rings. The summed E-state index contributed by atoms with van der Waals surface area (Å²) in [5.41, 5.74) is 0.383. The SMILES string of the molecule is CC1CCCC(C)C1SC(C)(C)C(C)(C)C. The van der Waals surface area contributed by atoms with Gasteiger partial charge in [-0.25, -0.2) is 0 Å². The summed E-state index contributed by atoms with van der Waals surface area (Å²) in [5, 5.41) is 0.864. The molecule has 0 bridgehead atoms. The van der Waals surface area contributed by atoms with Crippen molar-refractivity contribution in [2.45, 2.75) is 77.7 Å². The van der Waals surface area contributed by atoms with E-state index in [4.69, 9.17) is 0 Å². The zero-order valence-corrected chi connectivity index (χ0v) is 13.1. The van der Waals surface area contributed by atoms with Gasteiger partial charge in [0.15, 0.2) is 0 Å². The number of rotatable bonds is 2. The van der Waals surface area contributed by atoms with Gasteiger partial charge in [-0.2, -0.15) is 11.8 Å². The minimum atomic E-state index is 0.373. The highest BCUT2D eigenvalue weighted by atomic mass is 32.2. The Kier molecular flexibility index (Phi) is 4.43. The fourth-order valence-corrected chi connectivity index (χ4v) is 4.17. The molecule has 0 heterocycles. The van der Waals surface area contributed by atoms with Crippen LogP contribution in [-0.2, 0) is 0 Å². The van der Waals surface area contributed by atoms with Gasteiger partial charge in [-0.3, -0.25) is 0 Å². The van der Waals surface area contributed by atoms with Gasteiger partial charge in [0.2, 0.25) is 0 Å². The second-order valence-corrected chi connectivity index (χ2v) is 9.03. The van der Waals surface area contributed by atoms with Crippen LogP contribution in [0.2, 0.25) is 0 Å². The summed E-state index contributed by atoms with van der Waals surface area (Å²) in [5.74, 6) is 1.80. The fourth-order valence-electron chi connectivity index (χ4n) is 2.40. The van der Waals surface area contributed by atoms with Gasteiger partial charge in [0.25, 0.3) is 0 Å². The highest BCUT2D eigenvalue weighted by molar-refractivity contribution is 8.01. The quantitative estimate of drug-likeness (QED) is 0.627. The lowest BCUT2D eigenvalue weighted by Crippen LogP contribution is -2.39. The second-order valence-electron chi connectivity index (χ2n) is 7.23. The zero-order chi connectivity index (χ0) is 12.6. The predicted octanol–water partition coefficient (Wildman–Crippen LogP) is 5.37. The summed E-state index contributed by atoms with van der Waals surface area (Å²) < 4.78 is 0.373. The molecule has 16 heavy (non-hydrogen) atoms. The van der Waals surface area contributed by atoms with E-state index in [-0.39, 0.29) is 0 Å². The van der Waals surface area contributed by atoms with Gasteiger partial charge in [0, 0.05) is 10.00 Å². The second kappa shape index (κ2) is 4.92. The lowest BCUT2D eigenvalue weighted by atomic mass is 9.82. The molecule has 0 amide bonds. The monoisotopic (exact) mass is 242 g/mol. The van der Waals surface area contributed by atoms with Crippen LogP contribution in [0.4, 0.5) is 0 Å². The molecule has 0 aromatic carbocycles. The third kappa shape index (κ3) is 3.18. The van der Waals surface area contributed by atoms with E-state index in [0.29, 0.717) is 10.2 Å². The average Bonchev–Trinajstić information content (AvgIpc) is 2.10. The minimum absolute atomic E-state index is 0.373. The first-order valence-electron chi connectivity index (χ1n) is 6.83. The Hall–Kier alpha value is 0.350. The van der Waals surface area contributed by atoms with Crippen molar-refractivity contribution in [1.82, 2.24) is 0 Å². The summed E-state index contributed by atoms with van der Waals surface area (Å²) in [6.45, 7) is 16.9. The maximum atomic E-state index is 2.45. The molecule has 0 spiro atoms. The molecule has 1 rings (SSSR count). The molecule has 96 valence electrons. The topological polar surface area (TPSA) is 0 Å². The highest BCUT2D eigenvalue weighted by Crippen LogP contribution is 2.49. The Balaban J connectivity index is 2.71. The lowest BCUT2D eigenvalue weighted by molar-refractivity contribution is 0.292. The molecule has 0 aliphatic heterocycles. The maximum Gasteiger partial charge on any atom is 0.0155 e. The van der Waals surface area contributed by atoms with Crippen molar-refractivity contribution in [3.05, 3.63) is 0 Å². The minimum Gasteiger partial charge on any atom is -0.151 e. The summed E-state index contributed by atoms with van der Waals surface area (Å²) >= 11 is 2.25. The zero-order valence-electron chi connectivity index (χ0n) is 12.3. The Labute approximate surface area is 107 Å². The molecule has 0 N–H and O–H groups in total. The summed E-state index contributed by atoms with van der Waals surface area (Å²) in [6.07, 6.45) is 4.31. The molecule has 1 fully saturated rings. The van der Waals surface area contributed by atoms with E-state index in [1.165, 1.54) is 19.3 Å². The van der Waals surface area contributed by atoms with Crippen LogP contribution >= 0.6 is 11.8 Å². The largest absolute Gasteiger partial charge is 0.151 e. The molecule has 0 aromatic heterocycles. The van der Waals surface area contributed by atoms with Gasteiger partial charge >= 0.3 is 0 Å². The van der Waals surface area contributed by atoms with Gasteiger partial charge in [0.05, 0.1) is 0 Å². The van der Waals surface area contributed by atoms with Crippen molar-refractivity contribution in [3.63, 3.8) is 0 Å². The molecule has 1 saturated carbocycles. The van der Waals surface area contributed by atoms with E-state index in [1.54, 1.807) is 0 Å². The third-order valence-corrected chi connectivity index (χ3v) is 7.08. The third-order valence-electron chi connectivity index (χ3n) is 4.68. The Bertz CT molecular complexity index is 214. The average molecular weight is 242 g/mol. The summed E-state index contributed by atoms with van der Waals surface area (Å²) in [4.78, 5) is 0. The lowest BCUT2D eigenvalue weighted by Gasteiger charge is -2.45. The first-order valence-corrected chi connectivity index (χ1v) is 7.71. The van der Waals surface area contributed by atoms with Crippen molar-refractivity contribution in [1.29, 1.82) is 0 Å². The van der Waals surface area contributed by atoms with Crippen molar-refractivity contribution in [2.24, 2.45) is 17.3 Å². The van der Waals surface area contributed by atoms with E-state index in [9.17, 15) is 0 Å². The summed E-state index contributed by atoms with van der Waals surface area (Å²) in [6, 6.07) is 0. The standard InChI is InChI=1S/C15H30S/c1-11-9-8-10-12(2)13(11)16-15(6,7)14(3,4)5/h11-13H,8-10H2,1-7H3. The van der Waals surface area contributed by atoms with Crippen LogP contribution in [0, 0.1) is 17.3 Å². The predicted molar refractivity (Wildman–Crippen MR) is 77.1 cm³/mol. The van der Waals surface area contributed by atoms with Crippen molar-refractivity contribution < 1.29 is 0 Å². The van der Waals surface area contributed by atoms with Crippen LogP contribution in [0.5, 0.6) is 0 Å². The van der Waals surface area contributed by atoms with E-state index in [2.05, 4.69) is 60.2 Å². The molecule has 1 aliphatic carbocycles. The molecule has 0 saturated heterocycles. The van der Waals surface area contributed by atoms with Crippen molar-refractivity contribution >= 4 is 11.8 Å². The molecule has 2 unspecified atom stereocenters. The molecule has 1 aliphatic rings. The van der Waals surface area contributed by atoms with Crippen LogP contribution < -0.4 is 0 Å². The van der Waals surface area contributed by atoms with E-state index in [0.717, 1.165) is 17.1 Å². The van der Waals surface area contributed by atoms with E-state index >= 15 is 0 Å². The van der Waals surface area contributed by atoms with Crippen LogP contribution in [0.3, 0.4) is 0 Å². The maximum absolute atomic E-state index is 2.45. The number of hydrogen-bond donors (Lipinski definition) is 0. The van der Waals surface area contributed by atoms with Crippen LogP contribution in [0.1, 0.15) is 67.7 Å². The molecule has 0 nitrogen and oxygen atoms in total. The Morgan fingerprint density at radius 3 is 1.69 bits per heavy atom. The van der Waals surface area contributed by atoms with Gasteiger partial charge in [0.1, 0.15) is 0 Å².